The third kappa shape index (κ3) is 6.44. The van der Waals surface area contributed by atoms with Crippen LogP contribution in [-0.2, 0) is 6.54 Å². The van der Waals surface area contributed by atoms with E-state index < -0.39 is 0 Å². The standard InChI is InChI=1S/C19H25ClN2O3/c1-3-10-24-18-13-16(20)15(12-17(18)23-2)14-21-8-6-11-25-19-7-4-5-9-22-19/h4-5,7,9,12-13,21H,3,6,8,10-11,14H2,1-2H3. The number of nitrogens with zero attached hydrogens (tertiary/aromatic N) is 1. The Bertz CT molecular complexity index is 638. The number of methoxy groups -OCH3 is 1. The number of benzene rings is 1. The highest BCUT2D eigenvalue weighted by molar-refractivity contribution is 6.31. The van der Waals surface area contributed by atoms with Gasteiger partial charge in [0.1, 0.15) is 0 Å². The lowest BCUT2D eigenvalue weighted by molar-refractivity contribution is 0.293. The van der Waals surface area contributed by atoms with E-state index in [1.807, 2.05) is 30.3 Å². The van der Waals surface area contributed by atoms with Crippen molar-refractivity contribution in [3.8, 4) is 17.4 Å². The molecule has 5 nitrogen and oxygen atoms in total. The Labute approximate surface area is 154 Å². The summed E-state index contributed by atoms with van der Waals surface area (Å²) in [5.41, 5.74) is 0.980. The molecule has 0 unspecified atom stereocenters. The molecule has 2 rings (SSSR count). The minimum Gasteiger partial charge on any atom is -0.493 e. The zero-order valence-electron chi connectivity index (χ0n) is 14.8. The summed E-state index contributed by atoms with van der Waals surface area (Å²) >= 11 is 6.35. The van der Waals surface area contributed by atoms with Crippen LogP contribution in [0.3, 0.4) is 0 Å². The zero-order valence-corrected chi connectivity index (χ0v) is 15.5. The van der Waals surface area contributed by atoms with Crippen molar-refractivity contribution in [1.29, 1.82) is 0 Å². The first-order chi connectivity index (χ1) is 12.2. The lowest BCUT2D eigenvalue weighted by atomic mass is 10.2. The van der Waals surface area contributed by atoms with E-state index in [1.165, 1.54) is 0 Å². The monoisotopic (exact) mass is 364 g/mol. The molecule has 0 radical (unpaired) electrons. The summed E-state index contributed by atoms with van der Waals surface area (Å²) in [5.74, 6) is 2.04. The molecule has 1 heterocycles. The van der Waals surface area contributed by atoms with Crippen molar-refractivity contribution in [2.45, 2.75) is 26.3 Å². The topological polar surface area (TPSA) is 52.6 Å². The third-order valence-corrected chi connectivity index (χ3v) is 3.85. The fraction of sp³-hybridized carbons (Fsp3) is 0.421. The van der Waals surface area contributed by atoms with Gasteiger partial charge in [-0.05, 0) is 37.1 Å². The lowest BCUT2D eigenvalue weighted by Crippen LogP contribution is -2.17. The van der Waals surface area contributed by atoms with Crippen molar-refractivity contribution in [3.05, 3.63) is 47.1 Å². The van der Waals surface area contributed by atoms with E-state index >= 15 is 0 Å². The van der Waals surface area contributed by atoms with Gasteiger partial charge in [0.2, 0.25) is 5.88 Å². The molecule has 0 aliphatic carbocycles. The number of aromatic nitrogens is 1. The normalized spacial score (nSPS) is 10.5. The van der Waals surface area contributed by atoms with E-state index in [1.54, 1.807) is 13.3 Å². The van der Waals surface area contributed by atoms with Gasteiger partial charge >= 0.3 is 0 Å². The Hall–Kier alpha value is -1.98. The van der Waals surface area contributed by atoms with Crippen LogP contribution in [-0.4, -0.2) is 31.9 Å². The van der Waals surface area contributed by atoms with Gasteiger partial charge in [-0.25, -0.2) is 4.98 Å². The van der Waals surface area contributed by atoms with E-state index in [9.17, 15) is 0 Å². The van der Waals surface area contributed by atoms with Crippen LogP contribution in [0, 0.1) is 0 Å². The van der Waals surface area contributed by atoms with Gasteiger partial charge in [-0.3, -0.25) is 0 Å². The molecule has 6 heteroatoms. The molecule has 0 aliphatic rings. The molecule has 0 amide bonds. The van der Waals surface area contributed by atoms with E-state index in [2.05, 4.69) is 17.2 Å². The van der Waals surface area contributed by atoms with Crippen LogP contribution in [0.15, 0.2) is 36.5 Å². The van der Waals surface area contributed by atoms with Gasteiger partial charge < -0.3 is 19.5 Å². The minimum absolute atomic E-state index is 0.616. The number of pyridine rings is 1. The summed E-state index contributed by atoms with van der Waals surface area (Å²) in [6.07, 6.45) is 3.53. The van der Waals surface area contributed by atoms with Crippen molar-refractivity contribution in [1.82, 2.24) is 10.3 Å². The van der Waals surface area contributed by atoms with Gasteiger partial charge in [-0.15, -0.1) is 0 Å². The number of halogens is 1. The Kier molecular flexibility index (Phi) is 8.35. The second-order valence-corrected chi connectivity index (χ2v) is 5.90. The van der Waals surface area contributed by atoms with Crippen LogP contribution < -0.4 is 19.5 Å². The first-order valence-corrected chi connectivity index (χ1v) is 8.86. The molecule has 0 saturated heterocycles. The molecule has 1 aromatic carbocycles. The molecular weight excluding hydrogens is 340 g/mol. The van der Waals surface area contributed by atoms with Crippen LogP contribution in [0.1, 0.15) is 25.3 Å². The molecule has 0 spiro atoms. The third-order valence-electron chi connectivity index (χ3n) is 3.50. The number of hydrogen-bond acceptors (Lipinski definition) is 5. The molecule has 1 N–H and O–H groups in total. The van der Waals surface area contributed by atoms with Crippen LogP contribution in [0.2, 0.25) is 5.02 Å². The molecule has 25 heavy (non-hydrogen) atoms. The number of nitrogens with one attached hydrogen (secondary N) is 1. The van der Waals surface area contributed by atoms with Crippen molar-refractivity contribution in [2.75, 3.05) is 26.9 Å². The Morgan fingerprint density at radius 2 is 2.00 bits per heavy atom. The summed E-state index contributed by atoms with van der Waals surface area (Å²) < 4.78 is 16.6. The van der Waals surface area contributed by atoms with Gasteiger partial charge in [0.25, 0.3) is 0 Å². The maximum atomic E-state index is 6.35. The van der Waals surface area contributed by atoms with Gasteiger partial charge in [0, 0.05) is 29.9 Å². The SMILES string of the molecule is CCCOc1cc(Cl)c(CNCCCOc2ccccn2)cc1OC. The average Bonchev–Trinajstić information content (AvgIpc) is 2.64. The maximum absolute atomic E-state index is 6.35. The van der Waals surface area contributed by atoms with Crippen LogP contribution >= 0.6 is 11.6 Å². The summed E-state index contributed by atoms with van der Waals surface area (Å²) in [7, 11) is 1.63. The highest BCUT2D eigenvalue weighted by Gasteiger charge is 2.10. The van der Waals surface area contributed by atoms with Crippen LogP contribution in [0.4, 0.5) is 0 Å². The van der Waals surface area contributed by atoms with E-state index in [0.717, 1.165) is 24.9 Å². The fourth-order valence-corrected chi connectivity index (χ4v) is 2.45. The van der Waals surface area contributed by atoms with E-state index in [0.29, 0.717) is 42.2 Å². The van der Waals surface area contributed by atoms with Crippen molar-refractivity contribution in [3.63, 3.8) is 0 Å². The smallest absolute Gasteiger partial charge is 0.213 e. The molecule has 1 aromatic heterocycles. The highest BCUT2D eigenvalue weighted by atomic mass is 35.5. The molecule has 0 fully saturated rings. The Morgan fingerprint density at radius 1 is 1.12 bits per heavy atom. The minimum atomic E-state index is 0.616. The largest absolute Gasteiger partial charge is 0.493 e. The second kappa shape index (κ2) is 10.8. The number of rotatable bonds is 11. The van der Waals surface area contributed by atoms with Crippen molar-refractivity contribution < 1.29 is 14.2 Å². The zero-order chi connectivity index (χ0) is 17.9. The predicted octanol–water partition coefficient (Wildman–Crippen LogP) is 4.09. The summed E-state index contributed by atoms with van der Waals surface area (Å²) in [6.45, 7) is 4.79. The van der Waals surface area contributed by atoms with Gasteiger partial charge in [-0.2, -0.15) is 0 Å². The molecule has 0 saturated carbocycles. The molecule has 0 aliphatic heterocycles. The molecular formula is C19H25ClN2O3. The average molecular weight is 365 g/mol. The van der Waals surface area contributed by atoms with E-state index in [-0.39, 0.29) is 0 Å². The molecule has 0 bridgehead atoms. The first kappa shape index (κ1) is 19.3. The van der Waals surface area contributed by atoms with Crippen LogP contribution in [0.5, 0.6) is 17.4 Å². The number of ether oxygens (including phenoxy) is 3. The lowest BCUT2D eigenvalue weighted by Gasteiger charge is -2.14. The van der Waals surface area contributed by atoms with Gasteiger partial charge in [0.05, 0.1) is 20.3 Å². The Balaban J connectivity index is 1.76. The van der Waals surface area contributed by atoms with Crippen molar-refractivity contribution in [2.24, 2.45) is 0 Å². The quantitative estimate of drug-likeness (QED) is 0.608. The molecule has 2 aromatic rings. The van der Waals surface area contributed by atoms with Crippen LogP contribution in [0.25, 0.3) is 0 Å². The highest BCUT2D eigenvalue weighted by Crippen LogP contribution is 2.33. The second-order valence-electron chi connectivity index (χ2n) is 5.49. The number of hydrogen-bond donors (Lipinski definition) is 1. The fourth-order valence-electron chi connectivity index (χ4n) is 2.23. The predicted molar refractivity (Wildman–Crippen MR) is 99.8 cm³/mol. The first-order valence-electron chi connectivity index (χ1n) is 8.48. The van der Waals surface area contributed by atoms with Gasteiger partial charge in [0.15, 0.2) is 11.5 Å². The summed E-state index contributed by atoms with van der Waals surface area (Å²) in [6, 6.07) is 9.36. The Morgan fingerprint density at radius 3 is 2.72 bits per heavy atom. The summed E-state index contributed by atoms with van der Waals surface area (Å²) in [5, 5.41) is 4.03. The van der Waals surface area contributed by atoms with E-state index in [4.69, 9.17) is 25.8 Å². The molecule has 0 atom stereocenters. The molecule has 136 valence electrons. The maximum Gasteiger partial charge on any atom is 0.213 e. The van der Waals surface area contributed by atoms with Crippen molar-refractivity contribution >= 4 is 11.6 Å². The summed E-state index contributed by atoms with van der Waals surface area (Å²) in [4.78, 5) is 4.12. The van der Waals surface area contributed by atoms with Gasteiger partial charge in [-0.1, -0.05) is 24.6 Å².